The van der Waals surface area contributed by atoms with Crippen molar-refractivity contribution in [2.24, 2.45) is 0 Å². The van der Waals surface area contributed by atoms with Crippen molar-refractivity contribution in [2.45, 2.75) is 37.8 Å². The number of carbonyl (C=O) groups is 2. The van der Waals surface area contributed by atoms with Crippen molar-refractivity contribution in [3.8, 4) is 0 Å². The summed E-state index contributed by atoms with van der Waals surface area (Å²) in [6, 6.07) is 0.959. The summed E-state index contributed by atoms with van der Waals surface area (Å²) in [6.07, 6.45) is 4.21. The van der Waals surface area contributed by atoms with Gasteiger partial charge in [-0.1, -0.05) is 0 Å². The molecule has 3 rings (SSSR count). The van der Waals surface area contributed by atoms with Crippen LogP contribution in [0.4, 0.5) is 4.79 Å². The first kappa shape index (κ1) is 28.5. The van der Waals surface area contributed by atoms with Gasteiger partial charge in [0, 0.05) is 51.4 Å². The van der Waals surface area contributed by atoms with Crippen molar-refractivity contribution in [2.75, 3.05) is 66.0 Å². The molecule has 0 aromatic heterocycles. The lowest BCUT2D eigenvalue weighted by atomic mass is 10.0. The van der Waals surface area contributed by atoms with E-state index < -0.39 is 0 Å². The molecule has 172 valence electrons. The standard InChI is InChI=1S/C18H33N5O3.3ClH/c1-26-17(24)14-21-8-4-15(5-9-21)20-18(25)23-12-10-22(11-13-23)16-2-6-19-7-3-16;;;/h15-16,19H,2-14H2,1H3,(H,20,25);3*1H. The Morgan fingerprint density at radius 2 is 1.52 bits per heavy atom. The molecule has 0 atom stereocenters. The zero-order valence-electron chi connectivity index (χ0n) is 17.1. The van der Waals surface area contributed by atoms with Gasteiger partial charge in [-0.15, -0.1) is 37.2 Å². The Labute approximate surface area is 192 Å². The van der Waals surface area contributed by atoms with Gasteiger partial charge in [0.15, 0.2) is 0 Å². The molecule has 0 saturated carbocycles. The lowest BCUT2D eigenvalue weighted by Gasteiger charge is -2.41. The van der Waals surface area contributed by atoms with E-state index in [9.17, 15) is 9.59 Å². The number of amides is 2. The Balaban J connectivity index is 0.00000261. The maximum Gasteiger partial charge on any atom is 0.319 e. The van der Waals surface area contributed by atoms with Crippen LogP contribution in [0, 0.1) is 0 Å². The number of piperidine rings is 2. The van der Waals surface area contributed by atoms with Gasteiger partial charge in [-0.2, -0.15) is 0 Å². The molecule has 8 nitrogen and oxygen atoms in total. The summed E-state index contributed by atoms with van der Waals surface area (Å²) in [6.45, 7) is 7.81. The van der Waals surface area contributed by atoms with Gasteiger partial charge in [0.25, 0.3) is 0 Å². The van der Waals surface area contributed by atoms with E-state index in [2.05, 4.69) is 20.4 Å². The third-order valence-corrected chi connectivity index (χ3v) is 5.92. The van der Waals surface area contributed by atoms with Crippen molar-refractivity contribution in [3.05, 3.63) is 0 Å². The number of halogens is 3. The number of carbonyl (C=O) groups excluding carboxylic acids is 2. The molecule has 3 fully saturated rings. The normalized spacial score (nSPS) is 21.9. The van der Waals surface area contributed by atoms with Crippen LogP contribution in [0.15, 0.2) is 0 Å². The van der Waals surface area contributed by atoms with Crippen molar-refractivity contribution in [1.82, 2.24) is 25.3 Å². The van der Waals surface area contributed by atoms with Gasteiger partial charge >= 0.3 is 12.0 Å². The average Bonchev–Trinajstić information content (AvgIpc) is 2.70. The first-order valence-electron chi connectivity index (χ1n) is 9.95. The predicted octanol–water partition coefficient (Wildman–Crippen LogP) is 0.968. The van der Waals surface area contributed by atoms with Crippen LogP contribution in [0.3, 0.4) is 0 Å². The Kier molecular flexibility index (Phi) is 14.2. The molecule has 0 bridgehead atoms. The van der Waals surface area contributed by atoms with Gasteiger partial charge in [0.2, 0.25) is 0 Å². The number of nitrogens with one attached hydrogen (secondary N) is 2. The minimum absolute atomic E-state index is 0. The molecule has 0 aliphatic carbocycles. The van der Waals surface area contributed by atoms with E-state index in [1.807, 2.05) is 4.90 Å². The number of nitrogens with zero attached hydrogens (tertiary/aromatic N) is 3. The SMILES string of the molecule is COC(=O)CN1CCC(NC(=O)N2CCN(C3CCNCC3)CC2)CC1.Cl.Cl.Cl. The summed E-state index contributed by atoms with van der Waals surface area (Å²) < 4.78 is 4.71. The molecule has 2 N–H and O–H groups in total. The smallest absolute Gasteiger partial charge is 0.319 e. The summed E-state index contributed by atoms with van der Waals surface area (Å²) in [5, 5.41) is 6.60. The number of esters is 1. The van der Waals surface area contributed by atoms with Crippen LogP contribution >= 0.6 is 37.2 Å². The van der Waals surface area contributed by atoms with Gasteiger partial charge < -0.3 is 20.3 Å². The van der Waals surface area contributed by atoms with Crippen molar-refractivity contribution < 1.29 is 14.3 Å². The highest BCUT2D eigenvalue weighted by molar-refractivity contribution is 5.86. The number of methoxy groups -OCH3 is 1. The summed E-state index contributed by atoms with van der Waals surface area (Å²) in [5.41, 5.74) is 0. The molecule has 0 aromatic carbocycles. The largest absolute Gasteiger partial charge is 0.468 e. The molecule has 11 heteroatoms. The summed E-state index contributed by atoms with van der Waals surface area (Å²) in [4.78, 5) is 30.5. The van der Waals surface area contributed by atoms with Crippen LogP contribution in [0.1, 0.15) is 25.7 Å². The molecule has 0 radical (unpaired) electrons. The first-order chi connectivity index (χ1) is 12.7. The van der Waals surface area contributed by atoms with Gasteiger partial charge in [0.1, 0.15) is 0 Å². The van der Waals surface area contributed by atoms with Gasteiger partial charge in [0.05, 0.1) is 13.7 Å². The van der Waals surface area contributed by atoms with E-state index in [0.29, 0.717) is 12.6 Å². The molecule has 0 spiro atoms. The fourth-order valence-electron chi connectivity index (χ4n) is 4.21. The van der Waals surface area contributed by atoms with E-state index in [-0.39, 0.29) is 55.3 Å². The number of rotatable bonds is 4. The molecule has 0 unspecified atom stereocenters. The zero-order valence-corrected chi connectivity index (χ0v) is 19.6. The second kappa shape index (κ2) is 14.5. The van der Waals surface area contributed by atoms with Crippen LogP contribution in [0.5, 0.6) is 0 Å². The van der Waals surface area contributed by atoms with Crippen LogP contribution in [-0.4, -0.2) is 105 Å². The van der Waals surface area contributed by atoms with Gasteiger partial charge in [-0.3, -0.25) is 14.6 Å². The van der Waals surface area contributed by atoms with Crippen molar-refractivity contribution in [1.29, 1.82) is 0 Å². The average molecular weight is 477 g/mol. The number of hydrogen-bond donors (Lipinski definition) is 2. The second-order valence-corrected chi connectivity index (χ2v) is 7.58. The molecule has 3 heterocycles. The summed E-state index contributed by atoms with van der Waals surface area (Å²) in [7, 11) is 1.42. The molecule has 29 heavy (non-hydrogen) atoms. The zero-order chi connectivity index (χ0) is 18.4. The molecule has 3 aliphatic heterocycles. The quantitative estimate of drug-likeness (QED) is 0.589. The highest BCUT2D eigenvalue weighted by Crippen LogP contribution is 2.15. The number of likely N-dealkylation sites (tertiary alicyclic amines) is 1. The predicted molar refractivity (Wildman–Crippen MR) is 121 cm³/mol. The van der Waals surface area contributed by atoms with Crippen LogP contribution in [-0.2, 0) is 9.53 Å². The number of piperazine rings is 1. The van der Waals surface area contributed by atoms with E-state index in [1.54, 1.807) is 0 Å². The van der Waals surface area contributed by atoms with E-state index in [4.69, 9.17) is 4.74 Å². The minimum atomic E-state index is -0.195. The highest BCUT2D eigenvalue weighted by atomic mass is 35.5. The Morgan fingerprint density at radius 1 is 0.931 bits per heavy atom. The van der Waals surface area contributed by atoms with Gasteiger partial charge in [-0.25, -0.2) is 4.79 Å². The van der Waals surface area contributed by atoms with E-state index in [0.717, 1.165) is 65.2 Å². The van der Waals surface area contributed by atoms with E-state index in [1.165, 1.54) is 20.0 Å². The molecule has 3 aliphatic rings. The Hall–Kier alpha value is -0.510. The topological polar surface area (TPSA) is 77.2 Å². The van der Waals surface area contributed by atoms with Crippen molar-refractivity contribution in [3.63, 3.8) is 0 Å². The molecular weight excluding hydrogens is 441 g/mol. The molecule has 3 saturated heterocycles. The lowest BCUT2D eigenvalue weighted by Crippen LogP contribution is -2.57. The monoisotopic (exact) mass is 475 g/mol. The number of urea groups is 1. The first-order valence-corrected chi connectivity index (χ1v) is 9.95. The number of hydrogen-bond acceptors (Lipinski definition) is 6. The highest BCUT2D eigenvalue weighted by Gasteiger charge is 2.28. The van der Waals surface area contributed by atoms with Crippen LogP contribution < -0.4 is 10.6 Å². The Morgan fingerprint density at radius 3 is 2.07 bits per heavy atom. The summed E-state index contributed by atoms with van der Waals surface area (Å²) >= 11 is 0. The third-order valence-electron chi connectivity index (χ3n) is 5.92. The van der Waals surface area contributed by atoms with Crippen molar-refractivity contribution >= 4 is 49.2 Å². The number of ether oxygens (including phenoxy) is 1. The minimum Gasteiger partial charge on any atom is -0.468 e. The maximum absolute atomic E-state index is 12.6. The third kappa shape index (κ3) is 8.63. The van der Waals surface area contributed by atoms with Crippen LogP contribution in [0.2, 0.25) is 0 Å². The van der Waals surface area contributed by atoms with Gasteiger partial charge in [-0.05, 0) is 38.8 Å². The summed E-state index contributed by atoms with van der Waals surface area (Å²) in [5.74, 6) is -0.195. The second-order valence-electron chi connectivity index (χ2n) is 7.58. The molecular formula is C18H36Cl3N5O3. The van der Waals surface area contributed by atoms with E-state index >= 15 is 0 Å². The molecule has 2 amide bonds. The van der Waals surface area contributed by atoms with Crippen LogP contribution in [0.25, 0.3) is 0 Å². The molecule has 0 aromatic rings. The lowest BCUT2D eigenvalue weighted by molar-refractivity contribution is -0.142. The fourth-order valence-corrected chi connectivity index (χ4v) is 4.21. The maximum atomic E-state index is 12.6. The fraction of sp³-hybridized carbons (Fsp3) is 0.889. The Bertz CT molecular complexity index is 481.